The highest BCUT2D eigenvalue weighted by Gasteiger charge is 2.13. The first-order chi connectivity index (χ1) is 8.26. The fourth-order valence-corrected chi connectivity index (χ4v) is 2.25. The van der Waals surface area contributed by atoms with Crippen molar-refractivity contribution < 1.29 is 9.90 Å². The summed E-state index contributed by atoms with van der Waals surface area (Å²) < 4.78 is 0. The van der Waals surface area contributed by atoms with E-state index in [1.54, 1.807) is 0 Å². The molecule has 0 aromatic heterocycles. The molecule has 0 bridgehead atoms. The van der Waals surface area contributed by atoms with Crippen molar-refractivity contribution in [2.24, 2.45) is 5.92 Å². The lowest BCUT2D eigenvalue weighted by molar-refractivity contribution is -0.121. The van der Waals surface area contributed by atoms with Crippen molar-refractivity contribution in [3.63, 3.8) is 0 Å². The molecule has 0 saturated carbocycles. The topological polar surface area (TPSA) is 52.6 Å². The number of aliphatic hydroxyl groups is 1. The van der Waals surface area contributed by atoms with Gasteiger partial charge in [-0.15, -0.1) is 0 Å². The van der Waals surface area contributed by atoms with E-state index in [1.165, 1.54) is 12.8 Å². The first-order valence-corrected chi connectivity index (χ1v) is 6.86. The Bertz CT molecular complexity index is 215. The second-order valence-electron chi connectivity index (χ2n) is 4.89. The molecule has 1 amide bonds. The normalized spacial score (nSPS) is 18.2. The van der Waals surface area contributed by atoms with Crippen molar-refractivity contribution in [2.75, 3.05) is 32.8 Å². The first kappa shape index (κ1) is 14.5. The lowest BCUT2D eigenvalue weighted by atomic mass is 10.0. The number of nitrogens with zero attached hydrogens (tertiary/aromatic N) is 1. The van der Waals surface area contributed by atoms with Crippen molar-refractivity contribution in [2.45, 2.75) is 39.0 Å². The van der Waals surface area contributed by atoms with Crippen LogP contribution in [0.1, 0.15) is 39.0 Å². The van der Waals surface area contributed by atoms with Gasteiger partial charge in [-0.1, -0.05) is 13.3 Å². The third kappa shape index (κ3) is 6.03. The van der Waals surface area contributed by atoms with Crippen LogP contribution in [0.3, 0.4) is 0 Å². The Morgan fingerprint density at radius 3 is 2.71 bits per heavy atom. The highest BCUT2D eigenvalue weighted by molar-refractivity contribution is 5.76. The van der Waals surface area contributed by atoms with E-state index in [0.29, 0.717) is 18.9 Å². The predicted molar refractivity (Wildman–Crippen MR) is 68.8 cm³/mol. The number of carbonyl (C=O) groups is 1. The summed E-state index contributed by atoms with van der Waals surface area (Å²) in [6, 6.07) is 0. The van der Waals surface area contributed by atoms with Gasteiger partial charge in [-0.25, -0.2) is 0 Å². The van der Waals surface area contributed by atoms with Crippen LogP contribution in [-0.4, -0.2) is 48.7 Å². The maximum atomic E-state index is 11.6. The van der Waals surface area contributed by atoms with Gasteiger partial charge >= 0.3 is 0 Å². The summed E-state index contributed by atoms with van der Waals surface area (Å²) >= 11 is 0. The third-order valence-electron chi connectivity index (χ3n) is 3.56. The van der Waals surface area contributed by atoms with E-state index in [4.69, 9.17) is 5.11 Å². The van der Waals surface area contributed by atoms with E-state index >= 15 is 0 Å². The molecule has 0 radical (unpaired) electrons. The van der Waals surface area contributed by atoms with Gasteiger partial charge in [0.25, 0.3) is 0 Å². The van der Waals surface area contributed by atoms with Crippen LogP contribution in [0.5, 0.6) is 0 Å². The fraction of sp³-hybridized carbons (Fsp3) is 0.923. The number of rotatable bonds is 8. The minimum absolute atomic E-state index is 0.147. The number of hydrogen-bond donors (Lipinski definition) is 2. The second-order valence-corrected chi connectivity index (χ2v) is 4.89. The van der Waals surface area contributed by atoms with E-state index in [0.717, 1.165) is 32.5 Å². The zero-order valence-electron chi connectivity index (χ0n) is 11.0. The molecule has 1 aliphatic heterocycles. The van der Waals surface area contributed by atoms with Crippen LogP contribution in [0.25, 0.3) is 0 Å². The van der Waals surface area contributed by atoms with Crippen LogP contribution in [0.4, 0.5) is 0 Å². The molecule has 0 aromatic carbocycles. The molecule has 100 valence electrons. The molecule has 0 aromatic rings. The van der Waals surface area contributed by atoms with Crippen LogP contribution in [0.15, 0.2) is 0 Å². The summed E-state index contributed by atoms with van der Waals surface area (Å²) in [5.74, 6) is 0.559. The minimum atomic E-state index is 0.147. The summed E-state index contributed by atoms with van der Waals surface area (Å²) in [7, 11) is 0. The van der Waals surface area contributed by atoms with Crippen molar-refractivity contribution in [1.29, 1.82) is 0 Å². The van der Waals surface area contributed by atoms with Crippen molar-refractivity contribution in [3.05, 3.63) is 0 Å². The summed E-state index contributed by atoms with van der Waals surface area (Å²) in [5.41, 5.74) is 0. The number of aliphatic hydroxyl groups excluding tert-OH is 1. The smallest absolute Gasteiger partial charge is 0.221 e. The molecule has 1 aliphatic rings. The lowest BCUT2D eigenvalue weighted by Crippen LogP contribution is -2.32. The molecule has 1 atom stereocenters. The van der Waals surface area contributed by atoms with Crippen molar-refractivity contribution in [3.8, 4) is 0 Å². The molecule has 1 unspecified atom stereocenters. The molecule has 1 fully saturated rings. The minimum Gasteiger partial charge on any atom is -0.396 e. The van der Waals surface area contributed by atoms with Crippen LogP contribution < -0.4 is 5.32 Å². The van der Waals surface area contributed by atoms with Gasteiger partial charge in [-0.3, -0.25) is 4.79 Å². The van der Waals surface area contributed by atoms with E-state index in [2.05, 4.69) is 17.1 Å². The first-order valence-electron chi connectivity index (χ1n) is 6.86. The number of carbonyl (C=O) groups excluding carboxylic acids is 1. The number of amides is 1. The van der Waals surface area contributed by atoms with E-state index in [9.17, 15) is 4.79 Å². The lowest BCUT2D eigenvalue weighted by Gasteiger charge is -2.16. The molecule has 0 spiro atoms. The Morgan fingerprint density at radius 1 is 1.41 bits per heavy atom. The summed E-state index contributed by atoms with van der Waals surface area (Å²) in [5, 5.41) is 11.8. The maximum Gasteiger partial charge on any atom is 0.221 e. The summed E-state index contributed by atoms with van der Waals surface area (Å²) in [6.07, 6.45) is 4.94. The van der Waals surface area contributed by atoms with Gasteiger partial charge in [-0.05, 0) is 38.3 Å². The largest absolute Gasteiger partial charge is 0.396 e. The highest BCUT2D eigenvalue weighted by atomic mass is 16.3. The van der Waals surface area contributed by atoms with Gasteiger partial charge in [0.05, 0.1) is 0 Å². The molecule has 2 N–H and O–H groups in total. The molecular weight excluding hydrogens is 216 g/mol. The Balaban J connectivity index is 2.07. The fourth-order valence-electron chi connectivity index (χ4n) is 2.25. The molecular formula is C13H26N2O2. The van der Waals surface area contributed by atoms with Gasteiger partial charge in [0, 0.05) is 26.1 Å². The van der Waals surface area contributed by atoms with Gasteiger partial charge in [0.2, 0.25) is 5.91 Å². The SMILES string of the molecule is CCC(CCO)CNC(=O)CCN1CCCC1. The van der Waals surface area contributed by atoms with Crippen LogP contribution in [0.2, 0.25) is 0 Å². The van der Waals surface area contributed by atoms with Gasteiger partial charge in [-0.2, -0.15) is 0 Å². The molecule has 4 heteroatoms. The van der Waals surface area contributed by atoms with Gasteiger partial charge in [0.1, 0.15) is 0 Å². The van der Waals surface area contributed by atoms with E-state index in [-0.39, 0.29) is 12.5 Å². The molecule has 1 heterocycles. The second kappa shape index (κ2) is 8.48. The van der Waals surface area contributed by atoms with E-state index < -0.39 is 0 Å². The molecule has 1 rings (SSSR count). The molecule has 4 nitrogen and oxygen atoms in total. The molecule has 0 aliphatic carbocycles. The van der Waals surface area contributed by atoms with Gasteiger partial charge < -0.3 is 15.3 Å². The summed E-state index contributed by atoms with van der Waals surface area (Å²) in [4.78, 5) is 14.0. The monoisotopic (exact) mass is 242 g/mol. The average Bonchev–Trinajstić information content (AvgIpc) is 2.85. The Labute approximate surface area is 104 Å². The number of hydrogen-bond acceptors (Lipinski definition) is 3. The molecule has 17 heavy (non-hydrogen) atoms. The zero-order valence-corrected chi connectivity index (χ0v) is 11.0. The number of nitrogens with one attached hydrogen (secondary N) is 1. The summed E-state index contributed by atoms with van der Waals surface area (Å²) in [6.45, 7) is 6.20. The Kier molecular flexibility index (Phi) is 7.21. The standard InChI is InChI=1S/C13H26N2O2/c1-2-12(6-10-16)11-14-13(17)5-9-15-7-3-4-8-15/h12,16H,2-11H2,1H3,(H,14,17). The van der Waals surface area contributed by atoms with Crippen LogP contribution in [-0.2, 0) is 4.79 Å². The van der Waals surface area contributed by atoms with E-state index in [1.807, 2.05) is 0 Å². The predicted octanol–water partition coefficient (Wildman–Crippen LogP) is 0.997. The number of likely N-dealkylation sites (tertiary alicyclic amines) is 1. The van der Waals surface area contributed by atoms with Crippen LogP contribution >= 0.6 is 0 Å². The average molecular weight is 242 g/mol. The zero-order chi connectivity index (χ0) is 12.5. The Morgan fingerprint density at radius 2 is 2.12 bits per heavy atom. The molecule has 1 saturated heterocycles. The van der Waals surface area contributed by atoms with Crippen molar-refractivity contribution in [1.82, 2.24) is 10.2 Å². The van der Waals surface area contributed by atoms with Crippen molar-refractivity contribution >= 4 is 5.91 Å². The highest BCUT2D eigenvalue weighted by Crippen LogP contribution is 2.08. The quantitative estimate of drug-likeness (QED) is 0.667. The third-order valence-corrected chi connectivity index (χ3v) is 3.56. The van der Waals surface area contributed by atoms with Gasteiger partial charge in [0.15, 0.2) is 0 Å². The van der Waals surface area contributed by atoms with Crippen LogP contribution in [0, 0.1) is 5.92 Å². The maximum absolute atomic E-state index is 11.6. The Hall–Kier alpha value is -0.610.